The van der Waals surface area contributed by atoms with Gasteiger partial charge in [0, 0.05) is 0 Å². The maximum absolute atomic E-state index is 12.6. The number of hydrogen-bond donors (Lipinski definition) is 0. The highest BCUT2D eigenvalue weighted by molar-refractivity contribution is 5.87. The third-order valence-electron chi connectivity index (χ3n) is 4.27. The molecule has 23 heavy (non-hydrogen) atoms. The molecular formula is C19H18O4. The lowest BCUT2D eigenvalue weighted by Gasteiger charge is -2.30. The average Bonchev–Trinajstić information content (AvgIpc) is 2.93. The number of benzene rings is 2. The third kappa shape index (κ3) is 2.84. The summed E-state index contributed by atoms with van der Waals surface area (Å²) in [4.78, 5) is 24.6. The van der Waals surface area contributed by atoms with Crippen molar-refractivity contribution in [3.8, 4) is 0 Å². The summed E-state index contributed by atoms with van der Waals surface area (Å²) in [6.45, 7) is 0. The molecule has 1 fully saturated rings. The second-order valence-corrected chi connectivity index (χ2v) is 5.77. The monoisotopic (exact) mass is 310 g/mol. The molecule has 0 aliphatic carbocycles. The van der Waals surface area contributed by atoms with E-state index >= 15 is 0 Å². The van der Waals surface area contributed by atoms with E-state index in [1.54, 1.807) is 0 Å². The van der Waals surface area contributed by atoms with Gasteiger partial charge in [-0.05, 0) is 17.5 Å². The van der Waals surface area contributed by atoms with Crippen molar-refractivity contribution in [2.45, 2.75) is 18.9 Å². The molecule has 0 bridgehead atoms. The number of esters is 2. The van der Waals surface area contributed by atoms with Crippen LogP contribution in [0.15, 0.2) is 60.7 Å². The molecule has 1 aliphatic rings. The van der Waals surface area contributed by atoms with Crippen molar-refractivity contribution in [2.24, 2.45) is 5.41 Å². The summed E-state index contributed by atoms with van der Waals surface area (Å²) in [6, 6.07) is 19.0. The van der Waals surface area contributed by atoms with Gasteiger partial charge in [-0.1, -0.05) is 60.7 Å². The fraction of sp³-hybridized carbons (Fsp3) is 0.263. The molecule has 2 atom stereocenters. The molecule has 118 valence electrons. The number of cyclic esters (lactones) is 1. The Bertz CT molecular complexity index is 696. The molecule has 4 nitrogen and oxygen atoms in total. The lowest BCUT2D eigenvalue weighted by molar-refractivity contribution is -0.157. The Morgan fingerprint density at radius 1 is 1.13 bits per heavy atom. The Hall–Kier alpha value is -2.62. The Morgan fingerprint density at radius 2 is 1.74 bits per heavy atom. The quantitative estimate of drug-likeness (QED) is 0.814. The highest BCUT2D eigenvalue weighted by atomic mass is 16.6. The standard InChI is InChI=1S/C19H18O4/c1-22-18(21)19(12-14-8-4-2-5-9-14)13-16(20)23-17(19)15-10-6-3-7-11-15/h2-11,17H,12-13H2,1H3/t17-,19-/m0/s1. The van der Waals surface area contributed by atoms with Gasteiger partial charge >= 0.3 is 11.9 Å². The van der Waals surface area contributed by atoms with E-state index in [4.69, 9.17) is 9.47 Å². The van der Waals surface area contributed by atoms with Crippen molar-refractivity contribution < 1.29 is 19.1 Å². The van der Waals surface area contributed by atoms with Crippen LogP contribution in [0.4, 0.5) is 0 Å². The SMILES string of the molecule is COC(=O)[C@@]1(Cc2ccccc2)CC(=O)O[C@H]1c1ccccc1. The van der Waals surface area contributed by atoms with Gasteiger partial charge in [0.1, 0.15) is 11.5 Å². The van der Waals surface area contributed by atoms with Gasteiger partial charge in [0.15, 0.2) is 0 Å². The van der Waals surface area contributed by atoms with Crippen molar-refractivity contribution >= 4 is 11.9 Å². The van der Waals surface area contributed by atoms with E-state index in [1.807, 2.05) is 60.7 Å². The molecule has 1 heterocycles. The zero-order valence-electron chi connectivity index (χ0n) is 12.9. The zero-order valence-corrected chi connectivity index (χ0v) is 12.9. The van der Waals surface area contributed by atoms with Crippen LogP contribution in [0.3, 0.4) is 0 Å². The summed E-state index contributed by atoms with van der Waals surface area (Å²) in [5, 5.41) is 0. The maximum Gasteiger partial charge on any atom is 0.316 e. The molecule has 1 aliphatic heterocycles. The molecule has 0 spiro atoms. The molecule has 4 heteroatoms. The van der Waals surface area contributed by atoms with E-state index in [2.05, 4.69) is 0 Å². The molecule has 0 radical (unpaired) electrons. The second kappa shape index (κ2) is 6.24. The van der Waals surface area contributed by atoms with Gasteiger partial charge in [0.05, 0.1) is 13.5 Å². The predicted molar refractivity (Wildman–Crippen MR) is 84.5 cm³/mol. The first kappa shape index (κ1) is 15.3. The van der Waals surface area contributed by atoms with E-state index in [9.17, 15) is 9.59 Å². The second-order valence-electron chi connectivity index (χ2n) is 5.77. The van der Waals surface area contributed by atoms with Gasteiger partial charge in [-0.15, -0.1) is 0 Å². The molecule has 0 unspecified atom stereocenters. The summed E-state index contributed by atoms with van der Waals surface area (Å²) in [6.07, 6.45) is -0.219. The normalized spacial score (nSPS) is 23.3. The van der Waals surface area contributed by atoms with Crippen molar-refractivity contribution in [1.29, 1.82) is 0 Å². The van der Waals surface area contributed by atoms with E-state index in [0.29, 0.717) is 6.42 Å². The fourth-order valence-corrected chi connectivity index (χ4v) is 3.22. The summed E-state index contributed by atoms with van der Waals surface area (Å²) in [5.74, 6) is -0.791. The van der Waals surface area contributed by atoms with Crippen LogP contribution in [0, 0.1) is 5.41 Å². The van der Waals surface area contributed by atoms with Crippen molar-refractivity contribution in [1.82, 2.24) is 0 Å². The molecule has 0 saturated carbocycles. The zero-order chi connectivity index (χ0) is 16.3. The molecule has 1 saturated heterocycles. The number of rotatable bonds is 4. The van der Waals surface area contributed by atoms with Crippen LogP contribution >= 0.6 is 0 Å². The van der Waals surface area contributed by atoms with Crippen LogP contribution in [-0.4, -0.2) is 19.0 Å². The van der Waals surface area contributed by atoms with Crippen LogP contribution in [0.1, 0.15) is 23.7 Å². The number of methoxy groups -OCH3 is 1. The molecule has 0 aromatic heterocycles. The molecular weight excluding hydrogens is 292 g/mol. The van der Waals surface area contributed by atoms with Crippen molar-refractivity contribution in [3.05, 3.63) is 71.8 Å². The van der Waals surface area contributed by atoms with Crippen LogP contribution in [-0.2, 0) is 25.5 Å². The van der Waals surface area contributed by atoms with Crippen molar-refractivity contribution in [2.75, 3.05) is 7.11 Å². The number of hydrogen-bond acceptors (Lipinski definition) is 4. The number of carbonyl (C=O) groups excluding carboxylic acids is 2. The third-order valence-corrected chi connectivity index (χ3v) is 4.27. The van der Waals surface area contributed by atoms with Gasteiger partial charge < -0.3 is 9.47 Å². The lowest BCUT2D eigenvalue weighted by atomic mass is 9.73. The minimum atomic E-state index is -1.03. The highest BCUT2D eigenvalue weighted by Crippen LogP contribution is 2.49. The Labute approximate surface area is 135 Å². The molecule has 2 aromatic carbocycles. The van der Waals surface area contributed by atoms with Gasteiger partial charge in [-0.3, -0.25) is 9.59 Å². The minimum Gasteiger partial charge on any atom is -0.468 e. The largest absolute Gasteiger partial charge is 0.468 e. The summed E-state index contributed by atoms with van der Waals surface area (Å²) in [7, 11) is 1.35. The van der Waals surface area contributed by atoms with Crippen LogP contribution < -0.4 is 0 Å². The maximum atomic E-state index is 12.6. The summed E-state index contributed by atoms with van der Waals surface area (Å²) >= 11 is 0. The number of ether oxygens (including phenoxy) is 2. The lowest BCUT2D eigenvalue weighted by Crippen LogP contribution is -2.37. The molecule has 0 N–H and O–H groups in total. The van der Waals surface area contributed by atoms with Crippen LogP contribution in [0.25, 0.3) is 0 Å². The fourth-order valence-electron chi connectivity index (χ4n) is 3.22. The van der Waals surface area contributed by atoms with Gasteiger partial charge in [0.25, 0.3) is 0 Å². The van der Waals surface area contributed by atoms with Gasteiger partial charge in [0.2, 0.25) is 0 Å². The highest BCUT2D eigenvalue weighted by Gasteiger charge is 2.56. The van der Waals surface area contributed by atoms with Crippen LogP contribution in [0.2, 0.25) is 0 Å². The van der Waals surface area contributed by atoms with E-state index in [-0.39, 0.29) is 12.4 Å². The topological polar surface area (TPSA) is 52.6 Å². The summed E-state index contributed by atoms with van der Waals surface area (Å²) < 4.78 is 10.6. The minimum absolute atomic E-state index is 0.0220. The Balaban J connectivity index is 2.05. The van der Waals surface area contributed by atoms with Gasteiger partial charge in [-0.2, -0.15) is 0 Å². The average molecular weight is 310 g/mol. The van der Waals surface area contributed by atoms with Gasteiger partial charge in [-0.25, -0.2) is 0 Å². The molecule has 0 amide bonds. The Kier molecular flexibility index (Phi) is 4.15. The van der Waals surface area contributed by atoms with E-state index in [0.717, 1.165) is 11.1 Å². The first-order valence-corrected chi connectivity index (χ1v) is 7.52. The summed E-state index contributed by atoms with van der Waals surface area (Å²) in [5.41, 5.74) is 0.742. The Morgan fingerprint density at radius 3 is 2.35 bits per heavy atom. The number of carbonyl (C=O) groups is 2. The van der Waals surface area contributed by atoms with E-state index in [1.165, 1.54) is 7.11 Å². The van der Waals surface area contributed by atoms with E-state index < -0.39 is 17.5 Å². The molecule has 2 aromatic rings. The smallest absolute Gasteiger partial charge is 0.316 e. The van der Waals surface area contributed by atoms with Crippen LogP contribution in [0.5, 0.6) is 0 Å². The molecule has 3 rings (SSSR count). The first-order valence-electron chi connectivity index (χ1n) is 7.52. The predicted octanol–water partition coefficient (Wildman–Crippen LogP) is 3.08. The van der Waals surface area contributed by atoms with Crippen molar-refractivity contribution in [3.63, 3.8) is 0 Å². The first-order chi connectivity index (χ1) is 11.2.